The van der Waals surface area contributed by atoms with E-state index in [0.717, 1.165) is 17.9 Å². The Morgan fingerprint density at radius 3 is 2.67 bits per heavy atom. The fourth-order valence-electron chi connectivity index (χ4n) is 2.13. The standard InChI is InChI=1S/C16H28N2/c1-4-5-6-7-8-10-14(2)17-13-16-12-9-11-15(3)18-16/h9,11-12,14,17H,4-8,10,13H2,1-3H3. The van der Waals surface area contributed by atoms with Gasteiger partial charge in [-0.05, 0) is 32.4 Å². The first kappa shape index (κ1) is 15.2. The van der Waals surface area contributed by atoms with Crippen molar-refractivity contribution in [2.45, 2.75) is 71.9 Å². The fourth-order valence-corrected chi connectivity index (χ4v) is 2.13. The molecule has 0 aromatic carbocycles. The molecule has 102 valence electrons. The molecule has 1 heterocycles. The van der Waals surface area contributed by atoms with Crippen molar-refractivity contribution in [3.8, 4) is 0 Å². The fraction of sp³-hybridized carbons (Fsp3) is 0.688. The lowest BCUT2D eigenvalue weighted by atomic mass is 10.1. The van der Waals surface area contributed by atoms with Crippen molar-refractivity contribution in [1.82, 2.24) is 10.3 Å². The smallest absolute Gasteiger partial charge is 0.0544 e. The summed E-state index contributed by atoms with van der Waals surface area (Å²) in [6, 6.07) is 6.80. The summed E-state index contributed by atoms with van der Waals surface area (Å²) >= 11 is 0. The van der Waals surface area contributed by atoms with Gasteiger partial charge in [-0.15, -0.1) is 0 Å². The Kier molecular flexibility index (Phi) is 7.66. The number of nitrogens with one attached hydrogen (secondary N) is 1. The zero-order valence-corrected chi connectivity index (χ0v) is 12.2. The molecule has 0 saturated heterocycles. The summed E-state index contributed by atoms with van der Waals surface area (Å²) in [5, 5.41) is 3.55. The summed E-state index contributed by atoms with van der Waals surface area (Å²) < 4.78 is 0. The third-order valence-corrected chi connectivity index (χ3v) is 3.32. The van der Waals surface area contributed by atoms with Crippen LogP contribution in [0.1, 0.15) is 63.8 Å². The summed E-state index contributed by atoms with van der Waals surface area (Å²) in [7, 11) is 0. The zero-order chi connectivity index (χ0) is 13.2. The van der Waals surface area contributed by atoms with Crippen molar-refractivity contribution >= 4 is 0 Å². The van der Waals surface area contributed by atoms with Gasteiger partial charge in [-0.2, -0.15) is 0 Å². The Hall–Kier alpha value is -0.890. The number of hydrogen-bond donors (Lipinski definition) is 1. The molecule has 0 fully saturated rings. The number of hydrogen-bond acceptors (Lipinski definition) is 2. The zero-order valence-electron chi connectivity index (χ0n) is 12.2. The van der Waals surface area contributed by atoms with E-state index < -0.39 is 0 Å². The van der Waals surface area contributed by atoms with Crippen LogP contribution in [0.3, 0.4) is 0 Å². The Balaban J connectivity index is 2.11. The molecule has 0 aliphatic carbocycles. The first-order valence-corrected chi connectivity index (χ1v) is 7.38. The summed E-state index contributed by atoms with van der Waals surface area (Å²) in [5.41, 5.74) is 2.24. The highest BCUT2D eigenvalue weighted by Gasteiger charge is 2.02. The van der Waals surface area contributed by atoms with Gasteiger partial charge in [0.1, 0.15) is 0 Å². The number of unbranched alkanes of at least 4 members (excludes halogenated alkanes) is 4. The largest absolute Gasteiger partial charge is 0.309 e. The van der Waals surface area contributed by atoms with Crippen LogP contribution in [0.15, 0.2) is 18.2 Å². The quantitative estimate of drug-likeness (QED) is 0.662. The molecule has 0 amide bonds. The highest BCUT2D eigenvalue weighted by molar-refractivity contribution is 5.09. The average molecular weight is 248 g/mol. The third kappa shape index (κ3) is 6.75. The van der Waals surface area contributed by atoms with E-state index >= 15 is 0 Å². The third-order valence-electron chi connectivity index (χ3n) is 3.32. The predicted octanol–water partition coefficient (Wildman–Crippen LogP) is 4.23. The second-order valence-electron chi connectivity index (χ2n) is 5.26. The van der Waals surface area contributed by atoms with Gasteiger partial charge in [0, 0.05) is 18.3 Å². The Labute approximate surface area is 112 Å². The Bertz CT molecular complexity index is 323. The molecule has 0 radical (unpaired) electrons. The highest BCUT2D eigenvalue weighted by Crippen LogP contribution is 2.07. The molecule has 0 aliphatic rings. The van der Waals surface area contributed by atoms with E-state index in [1.165, 1.54) is 38.5 Å². The minimum absolute atomic E-state index is 0.592. The maximum Gasteiger partial charge on any atom is 0.0544 e. The molecule has 1 aromatic heterocycles. The number of rotatable bonds is 9. The molecule has 0 bridgehead atoms. The topological polar surface area (TPSA) is 24.9 Å². The lowest BCUT2D eigenvalue weighted by Gasteiger charge is -2.13. The second kappa shape index (κ2) is 9.09. The van der Waals surface area contributed by atoms with Gasteiger partial charge < -0.3 is 5.32 Å². The molecular weight excluding hydrogens is 220 g/mol. The number of pyridine rings is 1. The molecule has 0 saturated carbocycles. The van der Waals surface area contributed by atoms with Gasteiger partial charge in [-0.1, -0.05) is 45.1 Å². The van der Waals surface area contributed by atoms with Crippen molar-refractivity contribution < 1.29 is 0 Å². The number of aryl methyl sites for hydroxylation is 1. The minimum atomic E-state index is 0.592. The van der Waals surface area contributed by atoms with Crippen LogP contribution in [-0.4, -0.2) is 11.0 Å². The van der Waals surface area contributed by atoms with E-state index in [4.69, 9.17) is 0 Å². The van der Waals surface area contributed by atoms with Gasteiger partial charge >= 0.3 is 0 Å². The van der Waals surface area contributed by atoms with Crippen molar-refractivity contribution in [1.29, 1.82) is 0 Å². The van der Waals surface area contributed by atoms with Crippen LogP contribution in [0.4, 0.5) is 0 Å². The molecule has 1 atom stereocenters. The van der Waals surface area contributed by atoms with Crippen LogP contribution in [0.2, 0.25) is 0 Å². The lowest BCUT2D eigenvalue weighted by Crippen LogP contribution is -2.25. The maximum atomic E-state index is 4.50. The van der Waals surface area contributed by atoms with Gasteiger partial charge in [-0.25, -0.2) is 0 Å². The first-order valence-electron chi connectivity index (χ1n) is 7.38. The number of nitrogens with zero attached hydrogens (tertiary/aromatic N) is 1. The normalized spacial score (nSPS) is 12.6. The molecular formula is C16H28N2. The van der Waals surface area contributed by atoms with Crippen LogP contribution in [-0.2, 0) is 6.54 Å². The molecule has 18 heavy (non-hydrogen) atoms. The molecule has 0 spiro atoms. The van der Waals surface area contributed by atoms with E-state index in [9.17, 15) is 0 Å². The van der Waals surface area contributed by atoms with E-state index in [-0.39, 0.29) is 0 Å². The molecule has 1 N–H and O–H groups in total. The van der Waals surface area contributed by atoms with Crippen molar-refractivity contribution in [2.75, 3.05) is 0 Å². The predicted molar refractivity (Wildman–Crippen MR) is 78.7 cm³/mol. The van der Waals surface area contributed by atoms with E-state index in [2.05, 4.69) is 36.3 Å². The first-order chi connectivity index (χ1) is 8.72. The van der Waals surface area contributed by atoms with Crippen LogP contribution in [0.25, 0.3) is 0 Å². The van der Waals surface area contributed by atoms with Crippen LogP contribution >= 0.6 is 0 Å². The van der Waals surface area contributed by atoms with Crippen molar-refractivity contribution in [3.05, 3.63) is 29.6 Å². The molecule has 2 heteroatoms. The summed E-state index contributed by atoms with van der Waals surface area (Å²) in [6.45, 7) is 7.47. The average Bonchev–Trinajstić information content (AvgIpc) is 2.36. The second-order valence-corrected chi connectivity index (χ2v) is 5.26. The number of aromatic nitrogens is 1. The van der Waals surface area contributed by atoms with Gasteiger partial charge in [0.25, 0.3) is 0 Å². The lowest BCUT2D eigenvalue weighted by molar-refractivity contribution is 0.477. The van der Waals surface area contributed by atoms with Crippen molar-refractivity contribution in [2.24, 2.45) is 0 Å². The van der Waals surface area contributed by atoms with Gasteiger partial charge in [0.05, 0.1) is 5.69 Å². The molecule has 2 nitrogen and oxygen atoms in total. The summed E-state index contributed by atoms with van der Waals surface area (Å²) in [6.07, 6.45) is 8.10. The summed E-state index contributed by atoms with van der Waals surface area (Å²) in [5.74, 6) is 0. The van der Waals surface area contributed by atoms with Gasteiger partial charge in [-0.3, -0.25) is 4.98 Å². The van der Waals surface area contributed by atoms with Gasteiger partial charge in [0.2, 0.25) is 0 Å². The SMILES string of the molecule is CCCCCCCC(C)NCc1cccc(C)n1. The van der Waals surface area contributed by atoms with E-state index in [1.54, 1.807) is 0 Å². The molecule has 1 rings (SSSR count). The van der Waals surface area contributed by atoms with Gasteiger partial charge in [0.15, 0.2) is 0 Å². The van der Waals surface area contributed by atoms with Crippen LogP contribution in [0.5, 0.6) is 0 Å². The van der Waals surface area contributed by atoms with Crippen molar-refractivity contribution in [3.63, 3.8) is 0 Å². The highest BCUT2D eigenvalue weighted by atomic mass is 14.9. The Morgan fingerprint density at radius 2 is 1.94 bits per heavy atom. The molecule has 1 aromatic rings. The van der Waals surface area contributed by atoms with Crippen LogP contribution < -0.4 is 5.32 Å². The molecule has 0 aliphatic heterocycles. The minimum Gasteiger partial charge on any atom is -0.309 e. The Morgan fingerprint density at radius 1 is 1.17 bits per heavy atom. The monoisotopic (exact) mass is 248 g/mol. The van der Waals surface area contributed by atoms with E-state index in [1.807, 2.05) is 13.0 Å². The summed E-state index contributed by atoms with van der Waals surface area (Å²) in [4.78, 5) is 4.50. The maximum absolute atomic E-state index is 4.50. The molecule has 1 unspecified atom stereocenters. The van der Waals surface area contributed by atoms with E-state index in [0.29, 0.717) is 6.04 Å². The van der Waals surface area contributed by atoms with Crippen LogP contribution in [0, 0.1) is 6.92 Å².